The van der Waals surface area contributed by atoms with Gasteiger partial charge in [-0.2, -0.15) is 0 Å². The normalized spacial score (nSPS) is 12.6. The third-order valence-electron chi connectivity index (χ3n) is 3.05. The Kier molecular flexibility index (Phi) is 4.90. The smallest absolute Gasteiger partial charge is 0.0968 e. The second kappa shape index (κ2) is 6.66. The molecular weight excluding hydrogens is 240 g/mol. The number of hydrogen-bond donors (Lipinski definition) is 1. The van der Waals surface area contributed by atoms with E-state index in [1.807, 2.05) is 11.6 Å². The molecule has 1 aromatic heterocycles. The number of nitrogens with one attached hydrogen (secondary N) is 1. The van der Waals surface area contributed by atoms with Crippen molar-refractivity contribution in [2.24, 2.45) is 0 Å². The van der Waals surface area contributed by atoms with Gasteiger partial charge in [-0.3, -0.25) is 0 Å². The van der Waals surface area contributed by atoms with Gasteiger partial charge in [0.2, 0.25) is 0 Å². The number of benzene rings is 1. The van der Waals surface area contributed by atoms with Crippen molar-refractivity contribution in [1.82, 2.24) is 10.3 Å². The third-order valence-corrected chi connectivity index (χ3v) is 3.83. The summed E-state index contributed by atoms with van der Waals surface area (Å²) < 4.78 is 0. The van der Waals surface area contributed by atoms with Crippen molar-refractivity contribution in [3.63, 3.8) is 0 Å². The van der Waals surface area contributed by atoms with Crippen LogP contribution in [0.1, 0.15) is 42.4 Å². The second-order valence-corrected chi connectivity index (χ2v) is 5.35. The van der Waals surface area contributed by atoms with Crippen molar-refractivity contribution in [2.45, 2.75) is 32.7 Å². The lowest BCUT2D eigenvalue weighted by Gasteiger charge is -2.17. The van der Waals surface area contributed by atoms with E-state index < -0.39 is 0 Å². The molecule has 2 nitrogen and oxygen atoms in total. The summed E-state index contributed by atoms with van der Waals surface area (Å²) in [6, 6.07) is 9.31. The average Bonchev–Trinajstić information content (AvgIpc) is 2.89. The quantitative estimate of drug-likeness (QED) is 0.854. The molecule has 18 heavy (non-hydrogen) atoms. The Balaban J connectivity index is 2.13. The lowest BCUT2D eigenvalue weighted by atomic mass is 10.0. The molecule has 0 aliphatic heterocycles. The highest BCUT2D eigenvalue weighted by Gasteiger charge is 2.08. The fourth-order valence-electron chi connectivity index (χ4n) is 2.18. The summed E-state index contributed by atoms with van der Waals surface area (Å²) in [7, 11) is 0. The minimum absolute atomic E-state index is 0.464. The van der Waals surface area contributed by atoms with Crippen molar-refractivity contribution >= 4 is 11.3 Å². The molecule has 96 valence electrons. The summed E-state index contributed by atoms with van der Waals surface area (Å²) in [5.74, 6) is 0. The van der Waals surface area contributed by atoms with Crippen LogP contribution in [0.5, 0.6) is 0 Å². The van der Waals surface area contributed by atoms with Crippen LogP contribution in [0, 0.1) is 0 Å². The molecule has 0 amide bonds. The summed E-state index contributed by atoms with van der Waals surface area (Å²) in [5, 5.41) is 6.74. The Morgan fingerprint density at radius 3 is 2.89 bits per heavy atom. The predicted octanol–water partition coefficient (Wildman–Crippen LogP) is 3.79. The van der Waals surface area contributed by atoms with Gasteiger partial charge in [0.15, 0.2) is 0 Å². The Labute approximate surface area is 113 Å². The maximum absolute atomic E-state index is 4.35. The molecule has 1 heterocycles. The molecule has 3 heteroatoms. The topological polar surface area (TPSA) is 24.9 Å². The highest BCUT2D eigenvalue weighted by atomic mass is 32.1. The summed E-state index contributed by atoms with van der Waals surface area (Å²) >= 11 is 1.72. The standard InChI is InChI=1S/C15H20N2S/c1-3-14(16-4-2)13-7-5-6-12(10-13)11-15-17-8-9-18-15/h5-10,14,16H,3-4,11H2,1-2H3. The fraction of sp³-hybridized carbons (Fsp3) is 0.400. The summed E-state index contributed by atoms with van der Waals surface area (Å²) in [5.41, 5.74) is 2.73. The zero-order valence-electron chi connectivity index (χ0n) is 11.0. The first kappa shape index (κ1) is 13.2. The maximum Gasteiger partial charge on any atom is 0.0968 e. The van der Waals surface area contributed by atoms with Gasteiger partial charge in [-0.1, -0.05) is 38.1 Å². The van der Waals surface area contributed by atoms with E-state index >= 15 is 0 Å². The van der Waals surface area contributed by atoms with E-state index in [1.165, 1.54) is 16.1 Å². The van der Waals surface area contributed by atoms with Gasteiger partial charge in [0.25, 0.3) is 0 Å². The van der Waals surface area contributed by atoms with Gasteiger partial charge in [0.05, 0.1) is 5.01 Å². The minimum atomic E-state index is 0.464. The first-order valence-electron chi connectivity index (χ1n) is 6.54. The van der Waals surface area contributed by atoms with E-state index in [1.54, 1.807) is 11.3 Å². The van der Waals surface area contributed by atoms with E-state index in [0.29, 0.717) is 6.04 Å². The third kappa shape index (κ3) is 3.40. The van der Waals surface area contributed by atoms with E-state index in [2.05, 4.69) is 48.4 Å². The number of nitrogens with zero attached hydrogens (tertiary/aromatic N) is 1. The number of thiazole rings is 1. The van der Waals surface area contributed by atoms with Gasteiger partial charge >= 0.3 is 0 Å². The van der Waals surface area contributed by atoms with Gasteiger partial charge in [-0.15, -0.1) is 11.3 Å². The molecule has 0 aliphatic carbocycles. The van der Waals surface area contributed by atoms with Gasteiger partial charge in [0.1, 0.15) is 0 Å². The van der Waals surface area contributed by atoms with Crippen LogP contribution in [-0.4, -0.2) is 11.5 Å². The zero-order valence-corrected chi connectivity index (χ0v) is 11.8. The van der Waals surface area contributed by atoms with Gasteiger partial charge < -0.3 is 5.32 Å². The summed E-state index contributed by atoms with van der Waals surface area (Å²) in [4.78, 5) is 4.35. The van der Waals surface area contributed by atoms with Crippen LogP contribution in [0.2, 0.25) is 0 Å². The molecule has 0 fully saturated rings. The number of aromatic nitrogens is 1. The van der Waals surface area contributed by atoms with Crippen molar-refractivity contribution < 1.29 is 0 Å². The Morgan fingerprint density at radius 2 is 2.22 bits per heavy atom. The molecule has 0 aliphatic rings. The van der Waals surface area contributed by atoms with E-state index in [9.17, 15) is 0 Å². The number of hydrogen-bond acceptors (Lipinski definition) is 3. The molecule has 1 aromatic carbocycles. The van der Waals surface area contributed by atoms with Crippen LogP contribution in [0.3, 0.4) is 0 Å². The minimum Gasteiger partial charge on any atom is -0.310 e. The maximum atomic E-state index is 4.35. The lowest BCUT2D eigenvalue weighted by molar-refractivity contribution is 0.537. The van der Waals surface area contributed by atoms with Gasteiger partial charge in [-0.05, 0) is 24.1 Å². The number of rotatable bonds is 6. The molecular formula is C15H20N2S. The highest BCUT2D eigenvalue weighted by Crippen LogP contribution is 2.20. The fourth-order valence-corrected chi connectivity index (χ4v) is 2.83. The van der Waals surface area contributed by atoms with E-state index in [-0.39, 0.29) is 0 Å². The Bertz CT molecular complexity index is 465. The molecule has 0 saturated heterocycles. The zero-order chi connectivity index (χ0) is 12.8. The Hall–Kier alpha value is -1.19. The Morgan fingerprint density at radius 1 is 1.33 bits per heavy atom. The summed E-state index contributed by atoms with van der Waals surface area (Å²) in [6.45, 7) is 5.39. The van der Waals surface area contributed by atoms with Crippen molar-refractivity contribution in [3.8, 4) is 0 Å². The molecule has 2 rings (SSSR count). The van der Waals surface area contributed by atoms with Crippen molar-refractivity contribution in [3.05, 3.63) is 52.0 Å². The average molecular weight is 260 g/mol. The first-order valence-corrected chi connectivity index (χ1v) is 7.42. The van der Waals surface area contributed by atoms with Crippen molar-refractivity contribution in [1.29, 1.82) is 0 Å². The molecule has 1 N–H and O–H groups in total. The monoisotopic (exact) mass is 260 g/mol. The largest absolute Gasteiger partial charge is 0.310 e. The van der Waals surface area contributed by atoms with Crippen molar-refractivity contribution in [2.75, 3.05) is 6.54 Å². The van der Waals surface area contributed by atoms with Crippen LogP contribution in [0.25, 0.3) is 0 Å². The van der Waals surface area contributed by atoms with Crippen LogP contribution in [-0.2, 0) is 6.42 Å². The highest BCUT2D eigenvalue weighted by molar-refractivity contribution is 7.09. The molecule has 0 spiro atoms. The molecule has 0 bridgehead atoms. The molecule has 2 aromatic rings. The second-order valence-electron chi connectivity index (χ2n) is 4.37. The van der Waals surface area contributed by atoms with Crippen LogP contribution >= 0.6 is 11.3 Å². The van der Waals surface area contributed by atoms with Crippen LogP contribution in [0.15, 0.2) is 35.8 Å². The molecule has 1 atom stereocenters. The molecule has 0 saturated carbocycles. The van der Waals surface area contributed by atoms with E-state index in [4.69, 9.17) is 0 Å². The summed E-state index contributed by atoms with van der Waals surface area (Å²) in [6.07, 6.45) is 3.93. The van der Waals surface area contributed by atoms with E-state index in [0.717, 1.165) is 19.4 Å². The SMILES string of the molecule is CCNC(CC)c1cccc(Cc2nccs2)c1. The van der Waals surface area contributed by atoms with Crippen LogP contribution in [0.4, 0.5) is 0 Å². The van der Waals surface area contributed by atoms with Gasteiger partial charge in [0, 0.05) is 24.0 Å². The first-order chi connectivity index (χ1) is 8.83. The predicted molar refractivity (Wildman–Crippen MR) is 78.1 cm³/mol. The van der Waals surface area contributed by atoms with Gasteiger partial charge in [-0.25, -0.2) is 4.98 Å². The van der Waals surface area contributed by atoms with Crippen LogP contribution < -0.4 is 5.32 Å². The lowest BCUT2D eigenvalue weighted by Crippen LogP contribution is -2.20. The molecule has 1 unspecified atom stereocenters. The molecule has 0 radical (unpaired) electrons.